The Kier molecular flexibility index (Phi) is 9.21. The van der Waals surface area contributed by atoms with Crippen molar-refractivity contribution in [2.75, 3.05) is 6.54 Å². The fourth-order valence-electron chi connectivity index (χ4n) is 5.53. The molecule has 2 N–H and O–H groups in total. The van der Waals surface area contributed by atoms with Crippen molar-refractivity contribution in [3.05, 3.63) is 143 Å². The van der Waals surface area contributed by atoms with E-state index in [9.17, 15) is 0 Å². The van der Waals surface area contributed by atoms with E-state index < -0.39 is 0 Å². The summed E-state index contributed by atoms with van der Waals surface area (Å²) in [6, 6.07) is 15.3. The fourth-order valence-corrected chi connectivity index (χ4v) is 5.53. The molecule has 2 aromatic carbocycles. The van der Waals surface area contributed by atoms with Gasteiger partial charge in [0, 0.05) is 12.2 Å². The molecule has 1 aliphatic carbocycles. The van der Waals surface area contributed by atoms with Crippen molar-refractivity contribution in [3.8, 4) is 0 Å². The predicted octanol–water partition coefficient (Wildman–Crippen LogP) is 8.56. The Hall–Kier alpha value is -3.78. The van der Waals surface area contributed by atoms with Gasteiger partial charge in [-0.2, -0.15) is 0 Å². The summed E-state index contributed by atoms with van der Waals surface area (Å²) in [4.78, 5) is 0. The first-order valence-electron chi connectivity index (χ1n) is 13.6. The first-order valence-corrected chi connectivity index (χ1v) is 13.6. The molecule has 37 heavy (non-hydrogen) atoms. The minimum Gasteiger partial charge on any atom is -0.381 e. The second-order valence-electron chi connectivity index (χ2n) is 9.57. The van der Waals surface area contributed by atoms with Gasteiger partial charge in [-0.05, 0) is 89.4 Å². The van der Waals surface area contributed by atoms with Gasteiger partial charge in [0.1, 0.15) is 0 Å². The second-order valence-corrected chi connectivity index (χ2v) is 9.57. The Balaban J connectivity index is 0.000000222. The van der Waals surface area contributed by atoms with Crippen LogP contribution in [0.3, 0.4) is 0 Å². The lowest BCUT2D eigenvalue weighted by atomic mass is 9.82. The van der Waals surface area contributed by atoms with E-state index in [1.54, 1.807) is 0 Å². The highest BCUT2D eigenvalue weighted by atomic mass is 14.9. The van der Waals surface area contributed by atoms with Crippen LogP contribution >= 0.6 is 0 Å². The summed E-state index contributed by atoms with van der Waals surface area (Å²) in [5.74, 6) is 0.611. The quantitative estimate of drug-likeness (QED) is 0.408. The van der Waals surface area contributed by atoms with Gasteiger partial charge in [0.2, 0.25) is 0 Å². The van der Waals surface area contributed by atoms with Crippen molar-refractivity contribution in [2.45, 2.75) is 52.0 Å². The minimum absolute atomic E-state index is 0.256. The molecule has 0 aromatic heterocycles. The summed E-state index contributed by atoms with van der Waals surface area (Å²) < 4.78 is 0. The molecule has 2 aliphatic heterocycles. The van der Waals surface area contributed by atoms with Crippen LogP contribution in [-0.4, -0.2) is 6.54 Å². The van der Waals surface area contributed by atoms with Crippen LogP contribution in [0.2, 0.25) is 0 Å². The first kappa shape index (κ1) is 26.3. The van der Waals surface area contributed by atoms with Gasteiger partial charge in [-0.25, -0.2) is 0 Å². The standard InChI is InChI=1S/C24H29N.C11H11N/c1-5-11-18-16-22-21(19(18)8-4)14-13-20(17(6-2)7-3)24(22)23-12-9-10-15-25-23;1-2-6-10(7-3-1)11-8-4-5-9-12-11/h5,8-15,17,23,25H,4,6-7,16H2,1-3H3;1-8,12H,9H2/b11-5-;. The molecule has 3 aliphatic rings. The zero-order valence-corrected chi connectivity index (χ0v) is 22.5. The molecule has 2 aromatic rings. The Labute approximate surface area is 223 Å². The van der Waals surface area contributed by atoms with Crippen LogP contribution in [0, 0.1) is 0 Å². The predicted molar refractivity (Wildman–Crippen MR) is 161 cm³/mol. The monoisotopic (exact) mass is 488 g/mol. The van der Waals surface area contributed by atoms with E-state index in [1.807, 2.05) is 12.1 Å². The molecule has 2 heterocycles. The maximum absolute atomic E-state index is 4.07. The van der Waals surface area contributed by atoms with Crippen LogP contribution in [0.15, 0.2) is 116 Å². The molecule has 2 nitrogen and oxygen atoms in total. The summed E-state index contributed by atoms with van der Waals surface area (Å²) in [5.41, 5.74) is 10.9. The summed E-state index contributed by atoms with van der Waals surface area (Å²) in [6.07, 6.45) is 24.6. The topological polar surface area (TPSA) is 24.1 Å². The van der Waals surface area contributed by atoms with Crippen molar-refractivity contribution in [1.82, 2.24) is 10.6 Å². The van der Waals surface area contributed by atoms with Crippen LogP contribution in [0.5, 0.6) is 0 Å². The maximum atomic E-state index is 4.07. The van der Waals surface area contributed by atoms with Crippen LogP contribution in [0.25, 0.3) is 11.3 Å². The van der Waals surface area contributed by atoms with Gasteiger partial charge in [-0.3, -0.25) is 0 Å². The Morgan fingerprint density at radius 2 is 1.84 bits per heavy atom. The van der Waals surface area contributed by atoms with E-state index in [2.05, 4.69) is 129 Å². The second kappa shape index (κ2) is 13.0. The van der Waals surface area contributed by atoms with Gasteiger partial charge < -0.3 is 10.6 Å². The Morgan fingerprint density at radius 1 is 1.03 bits per heavy atom. The molecule has 5 rings (SSSR count). The number of hydrogen-bond acceptors (Lipinski definition) is 2. The molecule has 0 radical (unpaired) electrons. The van der Waals surface area contributed by atoms with E-state index in [0.717, 1.165) is 13.0 Å². The van der Waals surface area contributed by atoms with E-state index >= 15 is 0 Å². The van der Waals surface area contributed by atoms with Crippen LogP contribution in [0.1, 0.15) is 73.4 Å². The highest BCUT2D eigenvalue weighted by Gasteiger charge is 2.28. The summed E-state index contributed by atoms with van der Waals surface area (Å²) in [6.45, 7) is 11.7. The van der Waals surface area contributed by atoms with Gasteiger partial charge in [0.05, 0.1) is 6.04 Å². The molecule has 0 fully saturated rings. The smallest absolute Gasteiger partial charge is 0.0701 e. The van der Waals surface area contributed by atoms with Gasteiger partial charge >= 0.3 is 0 Å². The molecule has 2 heteroatoms. The highest BCUT2D eigenvalue weighted by Crippen LogP contribution is 2.43. The molecule has 0 spiro atoms. The normalized spacial score (nSPS) is 17.7. The van der Waals surface area contributed by atoms with Crippen LogP contribution < -0.4 is 10.6 Å². The minimum atomic E-state index is 0.256. The Morgan fingerprint density at radius 3 is 2.46 bits per heavy atom. The number of hydrogen-bond donors (Lipinski definition) is 2. The summed E-state index contributed by atoms with van der Waals surface area (Å²) >= 11 is 0. The lowest BCUT2D eigenvalue weighted by Crippen LogP contribution is -2.20. The SMILES string of the molecule is C1=CCNC(c2ccccc2)=C1.C=CC1=C(/C=C\C)Cc2c1ccc(C(CC)CC)c2C1C=CC=CN1. The molecule has 0 saturated heterocycles. The average Bonchev–Trinajstić information content (AvgIpc) is 3.32. The molecule has 1 unspecified atom stereocenters. The molecular weight excluding hydrogens is 448 g/mol. The number of nitrogens with one attached hydrogen (secondary N) is 2. The molecule has 1 atom stereocenters. The van der Waals surface area contributed by atoms with Gasteiger partial charge in [-0.1, -0.05) is 105 Å². The van der Waals surface area contributed by atoms with Crippen molar-refractivity contribution in [3.63, 3.8) is 0 Å². The van der Waals surface area contributed by atoms with Crippen LogP contribution in [0.4, 0.5) is 0 Å². The van der Waals surface area contributed by atoms with E-state index in [-0.39, 0.29) is 6.04 Å². The third kappa shape index (κ3) is 5.97. The van der Waals surface area contributed by atoms with Gasteiger partial charge in [0.15, 0.2) is 0 Å². The van der Waals surface area contributed by atoms with Crippen molar-refractivity contribution < 1.29 is 0 Å². The average molecular weight is 489 g/mol. The van der Waals surface area contributed by atoms with Crippen molar-refractivity contribution in [2.24, 2.45) is 0 Å². The van der Waals surface area contributed by atoms with E-state index in [4.69, 9.17) is 0 Å². The molecule has 0 bridgehead atoms. The Bertz CT molecular complexity index is 1260. The number of fused-ring (bicyclic) bond motifs is 1. The van der Waals surface area contributed by atoms with Crippen LogP contribution in [-0.2, 0) is 6.42 Å². The zero-order chi connectivity index (χ0) is 26.0. The highest BCUT2D eigenvalue weighted by molar-refractivity contribution is 5.85. The summed E-state index contributed by atoms with van der Waals surface area (Å²) in [7, 11) is 0. The van der Waals surface area contributed by atoms with Gasteiger partial charge in [0.25, 0.3) is 0 Å². The number of dihydropyridines is 2. The lowest BCUT2D eigenvalue weighted by molar-refractivity contribution is 0.618. The largest absolute Gasteiger partial charge is 0.381 e. The van der Waals surface area contributed by atoms with E-state index in [1.165, 1.54) is 57.5 Å². The lowest BCUT2D eigenvalue weighted by Gasteiger charge is -2.27. The molecular formula is C35H40N2. The third-order valence-electron chi connectivity index (χ3n) is 7.38. The first-order chi connectivity index (χ1) is 18.2. The number of rotatable bonds is 7. The van der Waals surface area contributed by atoms with Crippen molar-refractivity contribution in [1.29, 1.82) is 0 Å². The van der Waals surface area contributed by atoms with Crippen molar-refractivity contribution >= 4 is 11.3 Å². The third-order valence-corrected chi connectivity index (χ3v) is 7.38. The zero-order valence-electron chi connectivity index (χ0n) is 22.5. The molecule has 190 valence electrons. The fraction of sp³-hybridized carbons (Fsp3) is 0.257. The maximum Gasteiger partial charge on any atom is 0.0701 e. The van der Waals surface area contributed by atoms with Gasteiger partial charge in [-0.15, -0.1) is 0 Å². The summed E-state index contributed by atoms with van der Waals surface area (Å²) in [5, 5.41) is 6.87. The van der Waals surface area contributed by atoms with E-state index in [0.29, 0.717) is 5.92 Å². The number of benzene rings is 2. The number of allylic oxidation sites excluding steroid dienone is 9. The molecule has 0 saturated carbocycles. The molecule has 0 amide bonds.